The summed E-state index contributed by atoms with van der Waals surface area (Å²) in [4.78, 5) is 22.8. The maximum atomic E-state index is 12.7. The molecule has 0 spiro atoms. The van der Waals surface area contributed by atoms with Crippen LogP contribution in [0.2, 0.25) is 0 Å². The second kappa shape index (κ2) is 7.39. The van der Waals surface area contributed by atoms with Crippen molar-refractivity contribution in [3.05, 3.63) is 36.0 Å². The van der Waals surface area contributed by atoms with E-state index >= 15 is 0 Å². The molecule has 0 radical (unpaired) electrons. The number of methoxy groups -OCH3 is 1. The molecule has 1 aliphatic rings. The molecule has 1 N–H and O–H groups in total. The number of urea groups is 1. The molecule has 8 nitrogen and oxygen atoms in total. The summed E-state index contributed by atoms with van der Waals surface area (Å²) in [6.45, 7) is 1.10. The zero-order valence-corrected chi connectivity index (χ0v) is 14.0. The summed E-state index contributed by atoms with van der Waals surface area (Å²) in [6, 6.07) is 3.58. The average Bonchev–Trinajstić information content (AvgIpc) is 3.01. The van der Waals surface area contributed by atoms with Gasteiger partial charge in [0.25, 0.3) is 0 Å². The topological polar surface area (TPSA) is 85.2 Å². The highest BCUT2D eigenvalue weighted by Crippen LogP contribution is 2.30. The highest BCUT2D eigenvalue weighted by molar-refractivity contribution is 5.88. The van der Waals surface area contributed by atoms with Crippen LogP contribution in [0.15, 0.2) is 24.7 Å². The van der Waals surface area contributed by atoms with Crippen LogP contribution in [-0.4, -0.2) is 44.3 Å². The van der Waals surface area contributed by atoms with Gasteiger partial charge in [0, 0.05) is 33.0 Å². The summed E-state index contributed by atoms with van der Waals surface area (Å²) in [6.07, 6.45) is 6.23. The van der Waals surface area contributed by atoms with E-state index in [-0.39, 0.29) is 12.1 Å². The van der Waals surface area contributed by atoms with Gasteiger partial charge < -0.3 is 9.64 Å². The molecule has 128 valence electrons. The molecule has 24 heavy (non-hydrogen) atoms. The van der Waals surface area contributed by atoms with Crippen molar-refractivity contribution in [1.82, 2.24) is 24.6 Å². The van der Waals surface area contributed by atoms with Crippen LogP contribution in [0.3, 0.4) is 0 Å². The van der Waals surface area contributed by atoms with E-state index in [1.807, 2.05) is 22.7 Å². The van der Waals surface area contributed by atoms with Gasteiger partial charge >= 0.3 is 6.03 Å². The first-order valence-corrected chi connectivity index (χ1v) is 8.04. The van der Waals surface area contributed by atoms with Gasteiger partial charge in [-0.25, -0.2) is 14.8 Å². The van der Waals surface area contributed by atoms with Crippen LogP contribution in [0.1, 0.15) is 36.7 Å². The fourth-order valence-corrected chi connectivity index (χ4v) is 3.07. The molecule has 0 saturated carbocycles. The van der Waals surface area contributed by atoms with E-state index in [0.29, 0.717) is 12.4 Å². The van der Waals surface area contributed by atoms with Crippen molar-refractivity contribution in [2.75, 3.05) is 19.0 Å². The molecule has 2 aromatic heterocycles. The quantitative estimate of drug-likeness (QED) is 0.928. The minimum atomic E-state index is -0.150. The van der Waals surface area contributed by atoms with E-state index in [0.717, 1.165) is 37.2 Å². The van der Waals surface area contributed by atoms with Crippen molar-refractivity contribution in [1.29, 1.82) is 0 Å². The summed E-state index contributed by atoms with van der Waals surface area (Å²) in [5.41, 5.74) is 1.78. The number of nitrogens with zero attached hydrogens (tertiary/aromatic N) is 5. The Morgan fingerprint density at radius 2 is 2.29 bits per heavy atom. The second-order valence-electron chi connectivity index (χ2n) is 5.84. The number of aryl methyl sites for hydroxylation is 1. The van der Waals surface area contributed by atoms with E-state index in [1.165, 1.54) is 6.33 Å². The Kier molecular flexibility index (Phi) is 5.05. The highest BCUT2D eigenvalue weighted by atomic mass is 16.5. The number of carbonyl (C=O) groups excluding carboxylic acids is 1. The first-order valence-electron chi connectivity index (χ1n) is 8.04. The maximum Gasteiger partial charge on any atom is 0.323 e. The summed E-state index contributed by atoms with van der Waals surface area (Å²) < 4.78 is 6.89. The van der Waals surface area contributed by atoms with Crippen molar-refractivity contribution in [3.63, 3.8) is 0 Å². The third kappa shape index (κ3) is 3.53. The third-order valence-electron chi connectivity index (χ3n) is 4.21. The number of nitrogens with one attached hydrogen (secondary N) is 1. The van der Waals surface area contributed by atoms with Gasteiger partial charge in [-0.2, -0.15) is 5.10 Å². The van der Waals surface area contributed by atoms with Crippen LogP contribution >= 0.6 is 0 Å². The SMILES string of the molecule is COCc1cc(NC(=O)N2CCCCC2c2ccnn2C)ncn1. The Balaban J connectivity index is 1.75. The summed E-state index contributed by atoms with van der Waals surface area (Å²) >= 11 is 0. The van der Waals surface area contributed by atoms with Crippen LogP contribution in [-0.2, 0) is 18.4 Å². The standard InChI is InChI=1S/C16H22N6O2/c1-21-13(6-7-19-21)14-5-3-4-8-22(14)16(23)20-15-9-12(10-24-2)17-11-18-15/h6-7,9,11,14H,3-5,8,10H2,1-2H3,(H,17,18,20,23). The molecule has 1 fully saturated rings. The lowest BCUT2D eigenvalue weighted by molar-refractivity contribution is 0.159. The summed E-state index contributed by atoms with van der Waals surface area (Å²) in [5, 5.41) is 7.10. The van der Waals surface area contributed by atoms with E-state index in [2.05, 4.69) is 20.4 Å². The molecular formula is C16H22N6O2. The maximum absolute atomic E-state index is 12.7. The summed E-state index contributed by atoms with van der Waals surface area (Å²) in [7, 11) is 3.51. The van der Waals surface area contributed by atoms with Gasteiger partial charge in [-0.3, -0.25) is 10.00 Å². The molecule has 2 aromatic rings. The molecule has 0 aromatic carbocycles. The predicted molar refractivity (Wildman–Crippen MR) is 88.3 cm³/mol. The largest absolute Gasteiger partial charge is 0.378 e. The van der Waals surface area contributed by atoms with Crippen LogP contribution in [0.5, 0.6) is 0 Å². The fraction of sp³-hybridized carbons (Fsp3) is 0.500. The summed E-state index contributed by atoms with van der Waals surface area (Å²) in [5.74, 6) is 0.483. The molecule has 1 atom stereocenters. The van der Waals surface area contributed by atoms with Gasteiger partial charge in [0.05, 0.1) is 24.0 Å². The lowest BCUT2D eigenvalue weighted by Gasteiger charge is -2.35. The lowest BCUT2D eigenvalue weighted by atomic mass is 10.00. The molecule has 8 heteroatoms. The minimum Gasteiger partial charge on any atom is -0.378 e. The Hall–Kier alpha value is -2.48. The molecule has 3 rings (SSSR count). The Morgan fingerprint density at radius 3 is 3.04 bits per heavy atom. The van der Waals surface area contributed by atoms with Gasteiger partial charge in [-0.15, -0.1) is 0 Å². The van der Waals surface area contributed by atoms with E-state index < -0.39 is 0 Å². The lowest BCUT2D eigenvalue weighted by Crippen LogP contribution is -2.42. The van der Waals surface area contributed by atoms with E-state index in [1.54, 1.807) is 19.4 Å². The number of rotatable bonds is 4. The van der Waals surface area contributed by atoms with Gasteiger partial charge in [0.15, 0.2) is 0 Å². The predicted octanol–water partition coefficient (Wildman–Crippen LogP) is 2.12. The van der Waals surface area contributed by atoms with Gasteiger partial charge in [0.2, 0.25) is 0 Å². The number of likely N-dealkylation sites (tertiary alicyclic amines) is 1. The second-order valence-corrected chi connectivity index (χ2v) is 5.84. The number of hydrogen-bond acceptors (Lipinski definition) is 5. The van der Waals surface area contributed by atoms with Crippen molar-refractivity contribution >= 4 is 11.8 Å². The molecule has 1 saturated heterocycles. The molecule has 1 aliphatic heterocycles. The number of hydrogen-bond donors (Lipinski definition) is 1. The van der Waals surface area contributed by atoms with E-state index in [4.69, 9.17) is 4.74 Å². The first-order chi connectivity index (χ1) is 11.7. The van der Waals surface area contributed by atoms with Crippen molar-refractivity contribution in [2.45, 2.75) is 31.9 Å². The Bertz CT molecular complexity index is 701. The minimum absolute atomic E-state index is 0.0338. The highest BCUT2D eigenvalue weighted by Gasteiger charge is 2.30. The van der Waals surface area contributed by atoms with Crippen molar-refractivity contribution < 1.29 is 9.53 Å². The molecule has 3 heterocycles. The zero-order valence-electron chi connectivity index (χ0n) is 14.0. The molecule has 0 bridgehead atoms. The normalized spacial score (nSPS) is 17.8. The number of amides is 2. The van der Waals surface area contributed by atoms with Gasteiger partial charge in [-0.05, 0) is 25.3 Å². The zero-order chi connectivity index (χ0) is 16.9. The van der Waals surface area contributed by atoms with Crippen LogP contribution in [0, 0.1) is 0 Å². The smallest absolute Gasteiger partial charge is 0.323 e. The van der Waals surface area contributed by atoms with Crippen molar-refractivity contribution in [2.24, 2.45) is 7.05 Å². The molecule has 1 unspecified atom stereocenters. The number of piperidine rings is 1. The third-order valence-corrected chi connectivity index (χ3v) is 4.21. The average molecular weight is 330 g/mol. The van der Waals surface area contributed by atoms with Crippen LogP contribution < -0.4 is 5.32 Å². The Morgan fingerprint density at radius 1 is 1.42 bits per heavy atom. The van der Waals surface area contributed by atoms with Gasteiger partial charge in [-0.1, -0.05) is 0 Å². The molecule has 2 amide bonds. The van der Waals surface area contributed by atoms with E-state index in [9.17, 15) is 4.79 Å². The number of anilines is 1. The van der Waals surface area contributed by atoms with Crippen LogP contribution in [0.4, 0.5) is 10.6 Å². The number of carbonyl (C=O) groups is 1. The first kappa shape index (κ1) is 16.4. The number of aromatic nitrogens is 4. The van der Waals surface area contributed by atoms with Crippen LogP contribution in [0.25, 0.3) is 0 Å². The fourth-order valence-electron chi connectivity index (χ4n) is 3.07. The monoisotopic (exact) mass is 330 g/mol. The Labute approximate surface area is 140 Å². The molecule has 0 aliphatic carbocycles. The number of ether oxygens (including phenoxy) is 1. The van der Waals surface area contributed by atoms with Crippen molar-refractivity contribution in [3.8, 4) is 0 Å². The van der Waals surface area contributed by atoms with Gasteiger partial charge in [0.1, 0.15) is 12.1 Å². The molecular weight excluding hydrogens is 308 g/mol.